The Hall–Kier alpha value is -2.63. The Kier molecular flexibility index (Phi) is 4.14. The molecule has 0 spiro atoms. The summed E-state index contributed by atoms with van der Waals surface area (Å²) in [6, 6.07) is 7.50. The van der Waals surface area contributed by atoms with E-state index in [2.05, 4.69) is 10.4 Å². The van der Waals surface area contributed by atoms with Crippen molar-refractivity contribution in [3.63, 3.8) is 0 Å². The molecule has 2 amide bonds. The Bertz CT molecular complexity index is 734. The fraction of sp³-hybridized carbons (Fsp3) is 0.353. The van der Waals surface area contributed by atoms with Gasteiger partial charge in [-0.3, -0.25) is 14.3 Å². The second-order valence-corrected chi connectivity index (χ2v) is 5.98. The second kappa shape index (κ2) is 6.24. The molecular weight excluding hydrogens is 292 g/mol. The molecule has 1 aromatic heterocycles. The van der Waals surface area contributed by atoms with Gasteiger partial charge in [0.05, 0.1) is 17.5 Å². The van der Waals surface area contributed by atoms with Crippen molar-refractivity contribution >= 4 is 17.5 Å². The van der Waals surface area contributed by atoms with Crippen LogP contribution in [0, 0.1) is 0 Å². The highest BCUT2D eigenvalue weighted by atomic mass is 16.2. The molecule has 23 heavy (non-hydrogen) atoms. The average molecular weight is 312 g/mol. The van der Waals surface area contributed by atoms with Crippen molar-refractivity contribution in [2.45, 2.75) is 38.6 Å². The molecule has 3 rings (SSSR count). The predicted molar refractivity (Wildman–Crippen MR) is 87.2 cm³/mol. The van der Waals surface area contributed by atoms with Crippen LogP contribution < -0.4 is 11.1 Å². The normalized spacial score (nSPS) is 14.3. The summed E-state index contributed by atoms with van der Waals surface area (Å²) in [7, 11) is 0. The summed E-state index contributed by atoms with van der Waals surface area (Å²) in [4.78, 5) is 23.4. The van der Waals surface area contributed by atoms with Crippen molar-refractivity contribution in [3.05, 3.63) is 47.3 Å². The first kappa shape index (κ1) is 15.3. The van der Waals surface area contributed by atoms with Crippen molar-refractivity contribution in [3.8, 4) is 0 Å². The lowest BCUT2D eigenvalue weighted by Gasteiger charge is -2.11. The number of nitrogens with one attached hydrogen (secondary N) is 1. The number of hydrogen-bond donors (Lipinski definition) is 2. The molecule has 3 N–H and O–H groups in total. The van der Waals surface area contributed by atoms with Crippen LogP contribution in [-0.2, 0) is 17.8 Å². The van der Waals surface area contributed by atoms with Gasteiger partial charge in [0.25, 0.3) is 5.91 Å². The Balaban J connectivity index is 1.68. The number of benzene rings is 1. The number of nitrogens with two attached hydrogens (primary N) is 1. The van der Waals surface area contributed by atoms with Gasteiger partial charge in [-0.25, -0.2) is 0 Å². The van der Waals surface area contributed by atoms with E-state index in [1.165, 1.54) is 0 Å². The molecule has 1 aromatic carbocycles. The molecule has 0 radical (unpaired) electrons. The van der Waals surface area contributed by atoms with Crippen molar-refractivity contribution in [2.24, 2.45) is 5.73 Å². The van der Waals surface area contributed by atoms with Crippen molar-refractivity contribution in [2.75, 3.05) is 5.32 Å². The van der Waals surface area contributed by atoms with Crippen molar-refractivity contribution in [1.29, 1.82) is 0 Å². The van der Waals surface area contributed by atoms with Gasteiger partial charge in [0.1, 0.15) is 0 Å². The number of carbonyl (C=O) groups is 2. The minimum atomic E-state index is -0.315. The molecule has 120 valence electrons. The first-order valence-corrected chi connectivity index (χ1v) is 7.79. The summed E-state index contributed by atoms with van der Waals surface area (Å²) >= 11 is 0. The highest BCUT2D eigenvalue weighted by Crippen LogP contribution is 2.22. The third-order valence-electron chi connectivity index (χ3n) is 4.22. The number of aryl methyl sites for hydroxylation is 1. The van der Waals surface area contributed by atoms with E-state index in [-0.39, 0.29) is 17.7 Å². The molecule has 2 aromatic rings. The number of hydrogen-bond acceptors (Lipinski definition) is 3. The van der Waals surface area contributed by atoms with E-state index < -0.39 is 0 Å². The SMILES string of the molecule is CC(CC(N)=O)c1ccc(NC(=O)c2cnn3c2CCC3)cc1. The summed E-state index contributed by atoms with van der Waals surface area (Å²) in [6.07, 6.45) is 3.88. The van der Waals surface area contributed by atoms with Gasteiger partial charge in [0.2, 0.25) is 5.91 Å². The van der Waals surface area contributed by atoms with E-state index in [0.29, 0.717) is 12.0 Å². The van der Waals surface area contributed by atoms with Crippen LogP contribution in [0.25, 0.3) is 0 Å². The second-order valence-electron chi connectivity index (χ2n) is 5.98. The molecular formula is C17H20N4O2. The number of primary amides is 1. The number of aromatic nitrogens is 2. The topological polar surface area (TPSA) is 90.0 Å². The van der Waals surface area contributed by atoms with Crippen LogP contribution >= 0.6 is 0 Å². The Morgan fingerprint density at radius 1 is 1.35 bits per heavy atom. The van der Waals surface area contributed by atoms with Crippen molar-refractivity contribution in [1.82, 2.24) is 9.78 Å². The molecule has 0 saturated carbocycles. The maximum atomic E-state index is 12.4. The van der Waals surface area contributed by atoms with E-state index in [0.717, 1.165) is 36.3 Å². The van der Waals surface area contributed by atoms with Gasteiger partial charge in [-0.15, -0.1) is 0 Å². The molecule has 1 aliphatic heterocycles. The molecule has 0 saturated heterocycles. The summed E-state index contributed by atoms with van der Waals surface area (Å²) in [5, 5.41) is 7.13. The molecule has 2 heterocycles. The minimum Gasteiger partial charge on any atom is -0.370 e. The van der Waals surface area contributed by atoms with Crippen LogP contribution in [0.2, 0.25) is 0 Å². The molecule has 0 aliphatic carbocycles. The lowest BCUT2D eigenvalue weighted by atomic mass is 9.97. The number of anilines is 1. The van der Waals surface area contributed by atoms with Gasteiger partial charge >= 0.3 is 0 Å². The van der Waals surface area contributed by atoms with Gasteiger partial charge in [-0.2, -0.15) is 5.10 Å². The molecule has 1 aliphatic rings. The Labute approximate surface area is 134 Å². The first-order valence-electron chi connectivity index (χ1n) is 7.79. The molecule has 1 atom stereocenters. The molecule has 0 bridgehead atoms. The smallest absolute Gasteiger partial charge is 0.259 e. The average Bonchev–Trinajstić information content (AvgIpc) is 3.09. The first-order chi connectivity index (χ1) is 11.0. The van der Waals surface area contributed by atoms with Crippen LogP contribution in [0.1, 0.15) is 47.3 Å². The Morgan fingerprint density at radius 3 is 2.78 bits per heavy atom. The van der Waals surface area contributed by atoms with E-state index >= 15 is 0 Å². The highest BCUT2D eigenvalue weighted by molar-refractivity contribution is 6.05. The third-order valence-corrected chi connectivity index (χ3v) is 4.22. The van der Waals surface area contributed by atoms with Crippen molar-refractivity contribution < 1.29 is 9.59 Å². The lowest BCUT2D eigenvalue weighted by molar-refractivity contribution is -0.118. The van der Waals surface area contributed by atoms with E-state index in [1.807, 2.05) is 35.9 Å². The number of fused-ring (bicyclic) bond motifs is 1. The zero-order chi connectivity index (χ0) is 16.4. The fourth-order valence-corrected chi connectivity index (χ4v) is 2.97. The van der Waals surface area contributed by atoms with E-state index in [1.54, 1.807) is 6.20 Å². The lowest BCUT2D eigenvalue weighted by Crippen LogP contribution is -2.14. The zero-order valence-electron chi connectivity index (χ0n) is 13.1. The van der Waals surface area contributed by atoms with Crippen LogP contribution in [0.3, 0.4) is 0 Å². The van der Waals surface area contributed by atoms with Gasteiger partial charge < -0.3 is 11.1 Å². The summed E-state index contributed by atoms with van der Waals surface area (Å²) in [5.74, 6) is -0.382. The summed E-state index contributed by atoms with van der Waals surface area (Å²) < 4.78 is 1.89. The van der Waals surface area contributed by atoms with Gasteiger partial charge in [0, 0.05) is 18.7 Å². The third kappa shape index (κ3) is 3.26. The number of amides is 2. The largest absolute Gasteiger partial charge is 0.370 e. The number of rotatable bonds is 5. The van der Waals surface area contributed by atoms with Crippen LogP contribution in [0.4, 0.5) is 5.69 Å². The van der Waals surface area contributed by atoms with Crippen LogP contribution in [0.5, 0.6) is 0 Å². The van der Waals surface area contributed by atoms with Crippen LogP contribution in [0.15, 0.2) is 30.5 Å². The predicted octanol–water partition coefficient (Wildman–Crippen LogP) is 2.06. The number of nitrogens with zero attached hydrogens (tertiary/aromatic N) is 2. The zero-order valence-corrected chi connectivity index (χ0v) is 13.1. The highest BCUT2D eigenvalue weighted by Gasteiger charge is 2.21. The Morgan fingerprint density at radius 2 is 2.09 bits per heavy atom. The molecule has 6 heteroatoms. The number of carbonyl (C=O) groups excluding carboxylic acids is 2. The van der Waals surface area contributed by atoms with E-state index in [4.69, 9.17) is 5.73 Å². The molecule has 0 fully saturated rings. The molecule has 1 unspecified atom stereocenters. The standard InChI is InChI=1S/C17H20N4O2/c1-11(9-16(18)22)12-4-6-13(7-5-12)20-17(23)14-10-19-21-8-2-3-15(14)21/h4-7,10-11H,2-3,8-9H2,1H3,(H2,18,22)(H,20,23). The minimum absolute atomic E-state index is 0.0659. The summed E-state index contributed by atoms with van der Waals surface area (Å²) in [6.45, 7) is 2.84. The fourth-order valence-electron chi connectivity index (χ4n) is 2.97. The van der Waals surface area contributed by atoms with Gasteiger partial charge in [-0.05, 0) is 36.5 Å². The summed E-state index contributed by atoms with van der Waals surface area (Å²) in [5.41, 5.74) is 8.62. The monoisotopic (exact) mass is 312 g/mol. The maximum absolute atomic E-state index is 12.4. The van der Waals surface area contributed by atoms with E-state index in [9.17, 15) is 9.59 Å². The maximum Gasteiger partial charge on any atom is 0.259 e. The van der Waals surface area contributed by atoms with Gasteiger partial charge in [0.15, 0.2) is 0 Å². The van der Waals surface area contributed by atoms with Gasteiger partial charge in [-0.1, -0.05) is 19.1 Å². The molecule has 6 nitrogen and oxygen atoms in total. The van der Waals surface area contributed by atoms with Crippen LogP contribution in [-0.4, -0.2) is 21.6 Å². The quantitative estimate of drug-likeness (QED) is 0.885.